The van der Waals surface area contributed by atoms with E-state index in [-0.39, 0.29) is 14.3 Å². The van der Waals surface area contributed by atoms with E-state index in [0.29, 0.717) is 0 Å². The molecule has 0 fully saturated rings. The molecular formula is C4H6NO3P. The van der Waals surface area contributed by atoms with E-state index in [0.717, 1.165) is 0 Å². The fourth-order valence-electron chi connectivity index (χ4n) is 0.223. The van der Waals surface area contributed by atoms with Gasteiger partial charge in [-0.2, -0.15) is 0 Å². The summed E-state index contributed by atoms with van der Waals surface area (Å²) in [7, 11) is -0.298. The number of hydrogen-bond donors (Lipinski definition) is 2. The van der Waals surface area contributed by atoms with Crippen molar-refractivity contribution in [1.82, 2.24) is 0 Å². The van der Waals surface area contributed by atoms with Crippen LogP contribution in [0, 0.1) is 5.63 Å². The molecule has 50 valence electrons. The summed E-state index contributed by atoms with van der Waals surface area (Å²) in [5.74, 6) is -1.11. The second-order valence-electron chi connectivity index (χ2n) is 1.40. The van der Waals surface area contributed by atoms with E-state index in [2.05, 4.69) is 5.63 Å². The summed E-state index contributed by atoms with van der Waals surface area (Å²) < 4.78 is 9.67. The van der Waals surface area contributed by atoms with Crippen LogP contribution in [0.4, 0.5) is 0 Å². The molecule has 0 spiro atoms. The van der Waals surface area contributed by atoms with Gasteiger partial charge in [-0.05, 0) is 0 Å². The SMILES string of the molecule is NC(CC#P=O)C(=O)O. The first-order valence-electron chi connectivity index (χ1n) is 2.22. The van der Waals surface area contributed by atoms with Crippen molar-refractivity contribution in [3.05, 3.63) is 0 Å². The van der Waals surface area contributed by atoms with Gasteiger partial charge in [0.15, 0.2) is 0 Å². The van der Waals surface area contributed by atoms with E-state index in [1.54, 1.807) is 0 Å². The molecule has 4 nitrogen and oxygen atoms in total. The standard InChI is InChI=1S/C4H6NO3P/c5-3(4(6)7)1-2-9-8/h3H,1,5H2,(H,6,7). The maximum atomic E-state index is 9.94. The molecule has 1 atom stereocenters. The third-order valence-electron chi connectivity index (χ3n) is 0.693. The molecule has 0 amide bonds. The Morgan fingerprint density at radius 1 is 1.89 bits per heavy atom. The second-order valence-corrected chi connectivity index (χ2v) is 1.90. The van der Waals surface area contributed by atoms with Gasteiger partial charge in [-0.15, -0.1) is 0 Å². The summed E-state index contributed by atoms with van der Waals surface area (Å²) in [4.78, 5) is 9.94. The molecule has 0 aromatic rings. The van der Waals surface area contributed by atoms with Crippen LogP contribution in [0.1, 0.15) is 6.42 Å². The first kappa shape index (κ1) is 8.44. The van der Waals surface area contributed by atoms with E-state index in [1.807, 2.05) is 0 Å². The monoisotopic (exact) mass is 147 g/mol. The fraction of sp³-hybridized carbons (Fsp3) is 0.500. The Morgan fingerprint density at radius 2 is 2.44 bits per heavy atom. The van der Waals surface area contributed by atoms with Crippen molar-refractivity contribution >= 4 is 13.9 Å². The van der Waals surface area contributed by atoms with Crippen LogP contribution in [0.5, 0.6) is 0 Å². The summed E-state index contributed by atoms with van der Waals surface area (Å²) in [5.41, 5.74) is 7.24. The van der Waals surface area contributed by atoms with Crippen LogP contribution in [0.3, 0.4) is 0 Å². The zero-order chi connectivity index (χ0) is 7.28. The Hall–Kier alpha value is -0.560. The molecule has 0 aliphatic carbocycles. The molecule has 0 saturated heterocycles. The molecule has 1 unspecified atom stereocenters. The molecule has 3 N–H and O–H groups in total. The normalized spacial score (nSPS) is 11.7. The van der Waals surface area contributed by atoms with Gasteiger partial charge < -0.3 is 0 Å². The van der Waals surface area contributed by atoms with E-state index < -0.39 is 12.0 Å². The molecule has 0 bridgehead atoms. The van der Waals surface area contributed by atoms with Crippen LogP contribution in [-0.2, 0) is 9.36 Å². The van der Waals surface area contributed by atoms with Crippen molar-refractivity contribution in [3.8, 4) is 5.63 Å². The topological polar surface area (TPSA) is 80.4 Å². The minimum absolute atomic E-state index is 0.0143. The molecule has 0 radical (unpaired) electrons. The predicted molar refractivity (Wildman–Crippen MR) is 31.7 cm³/mol. The van der Waals surface area contributed by atoms with Crippen molar-refractivity contribution < 1.29 is 14.5 Å². The van der Waals surface area contributed by atoms with Gasteiger partial charge in [0.1, 0.15) is 0 Å². The zero-order valence-electron chi connectivity index (χ0n) is 4.57. The number of hydrogen-bond acceptors (Lipinski definition) is 3. The van der Waals surface area contributed by atoms with Crippen LogP contribution in [-0.4, -0.2) is 17.1 Å². The number of carbonyl (C=O) groups is 1. The average Bonchev–Trinajstić information content (AvgIpc) is 1.82. The van der Waals surface area contributed by atoms with Crippen LogP contribution in [0.25, 0.3) is 0 Å². The van der Waals surface area contributed by atoms with Gasteiger partial charge in [-0.1, -0.05) is 0 Å². The number of rotatable bonds is 2. The second kappa shape index (κ2) is 4.33. The van der Waals surface area contributed by atoms with Crippen LogP contribution in [0.15, 0.2) is 0 Å². The molecule has 0 aromatic carbocycles. The van der Waals surface area contributed by atoms with Crippen LogP contribution >= 0.6 is 7.92 Å². The number of nitrogens with two attached hydrogens (primary N) is 1. The molecule has 9 heavy (non-hydrogen) atoms. The summed E-state index contributed by atoms with van der Waals surface area (Å²) >= 11 is 0. The molecular weight excluding hydrogens is 141 g/mol. The van der Waals surface area contributed by atoms with Gasteiger partial charge in [0.25, 0.3) is 0 Å². The molecule has 0 aliphatic heterocycles. The summed E-state index contributed by atoms with van der Waals surface area (Å²) in [6.45, 7) is 0. The Balaban J connectivity index is 3.72. The molecule has 0 saturated carbocycles. The average molecular weight is 147 g/mol. The van der Waals surface area contributed by atoms with Crippen LogP contribution in [0.2, 0.25) is 0 Å². The van der Waals surface area contributed by atoms with E-state index in [4.69, 9.17) is 10.8 Å². The quantitative estimate of drug-likeness (QED) is 0.540. The van der Waals surface area contributed by atoms with E-state index in [9.17, 15) is 9.36 Å². The van der Waals surface area contributed by atoms with Crippen molar-refractivity contribution in [1.29, 1.82) is 0 Å². The summed E-state index contributed by atoms with van der Waals surface area (Å²) in [6, 6.07) is -0.980. The van der Waals surface area contributed by atoms with Gasteiger partial charge in [-0.3, -0.25) is 0 Å². The van der Waals surface area contributed by atoms with Gasteiger partial charge in [0.2, 0.25) is 0 Å². The Labute approximate surface area is 53.2 Å². The van der Waals surface area contributed by atoms with Crippen molar-refractivity contribution in [3.63, 3.8) is 0 Å². The number of aliphatic carboxylic acids is 1. The zero-order valence-corrected chi connectivity index (χ0v) is 5.47. The molecule has 0 rings (SSSR count). The minimum atomic E-state index is -1.11. The first-order valence-corrected chi connectivity index (χ1v) is 3.03. The van der Waals surface area contributed by atoms with Gasteiger partial charge in [-0.25, -0.2) is 0 Å². The molecule has 0 heterocycles. The summed E-state index contributed by atoms with van der Waals surface area (Å²) in [5, 5.41) is 8.14. The van der Waals surface area contributed by atoms with Crippen molar-refractivity contribution in [2.24, 2.45) is 5.73 Å². The van der Waals surface area contributed by atoms with E-state index >= 15 is 0 Å². The molecule has 5 heteroatoms. The van der Waals surface area contributed by atoms with Crippen LogP contribution < -0.4 is 5.73 Å². The third kappa shape index (κ3) is 3.98. The first-order chi connectivity index (χ1) is 4.18. The van der Waals surface area contributed by atoms with Gasteiger partial charge >= 0.3 is 52.2 Å². The third-order valence-corrected chi connectivity index (χ3v) is 1.00. The number of carboxylic acid groups (broad SMARTS) is 1. The maximum absolute atomic E-state index is 9.94. The Morgan fingerprint density at radius 3 is 2.78 bits per heavy atom. The number of carboxylic acids is 1. The van der Waals surface area contributed by atoms with Gasteiger partial charge in [0, 0.05) is 0 Å². The summed E-state index contributed by atoms with van der Waals surface area (Å²) in [6.07, 6.45) is 0.0143. The molecule has 0 aliphatic rings. The fourth-order valence-corrected chi connectivity index (χ4v) is 0.494. The van der Waals surface area contributed by atoms with Crippen molar-refractivity contribution in [2.45, 2.75) is 12.5 Å². The van der Waals surface area contributed by atoms with Gasteiger partial charge in [0.05, 0.1) is 0 Å². The van der Waals surface area contributed by atoms with E-state index in [1.165, 1.54) is 0 Å². The molecule has 0 aromatic heterocycles. The Bertz CT molecular complexity index is 195. The predicted octanol–water partition coefficient (Wildman–Crippen LogP) is 0.0393. The van der Waals surface area contributed by atoms with Crippen molar-refractivity contribution in [2.75, 3.05) is 0 Å². The Kier molecular flexibility index (Phi) is 4.06.